The molecule has 2 heterocycles. The molecule has 0 aliphatic heterocycles. The lowest BCUT2D eigenvalue weighted by atomic mass is 10.0. The molecule has 0 amide bonds. The topological polar surface area (TPSA) is 43.4 Å². The van der Waals surface area contributed by atoms with Gasteiger partial charge in [0.05, 0.1) is 5.39 Å². The van der Waals surface area contributed by atoms with Gasteiger partial charge in [0.2, 0.25) is 0 Å². The second-order valence-corrected chi connectivity index (χ2v) is 6.05. The third-order valence-electron chi connectivity index (χ3n) is 3.74. The highest BCUT2D eigenvalue weighted by Gasteiger charge is 2.20. The van der Waals surface area contributed by atoms with Gasteiger partial charge in [-0.1, -0.05) is 46.3 Å². The van der Waals surface area contributed by atoms with E-state index in [2.05, 4.69) is 15.9 Å². The lowest BCUT2D eigenvalue weighted by Crippen LogP contribution is -1.99. The van der Waals surface area contributed by atoms with E-state index in [0.717, 1.165) is 21.0 Å². The van der Waals surface area contributed by atoms with Gasteiger partial charge in [-0.15, -0.1) is 0 Å². The van der Waals surface area contributed by atoms with E-state index in [0.29, 0.717) is 22.3 Å². The predicted octanol–water partition coefficient (Wildman–Crippen LogP) is 5.28. The first-order valence-electron chi connectivity index (χ1n) is 6.86. The Labute approximate surface area is 134 Å². The number of benzene rings is 2. The van der Waals surface area contributed by atoms with Crippen LogP contribution < -0.4 is 5.63 Å². The van der Waals surface area contributed by atoms with Crippen LogP contribution >= 0.6 is 15.9 Å². The van der Waals surface area contributed by atoms with Crippen LogP contribution in [0, 0.1) is 6.92 Å². The molecule has 0 radical (unpaired) electrons. The SMILES string of the molecule is Cc1oc2c(c1-c1ccccc1)c(=O)oc1ccc(Br)cc12. The van der Waals surface area contributed by atoms with Crippen LogP contribution in [0.15, 0.2) is 66.6 Å². The normalized spacial score (nSPS) is 11.4. The van der Waals surface area contributed by atoms with Gasteiger partial charge in [0.15, 0.2) is 5.58 Å². The van der Waals surface area contributed by atoms with E-state index < -0.39 is 0 Å². The van der Waals surface area contributed by atoms with E-state index in [-0.39, 0.29) is 5.63 Å². The maximum absolute atomic E-state index is 12.4. The lowest BCUT2D eigenvalue weighted by Gasteiger charge is -2.00. The van der Waals surface area contributed by atoms with Gasteiger partial charge in [0.1, 0.15) is 16.7 Å². The van der Waals surface area contributed by atoms with Crippen LogP contribution in [0.25, 0.3) is 33.1 Å². The molecule has 0 saturated carbocycles. The molecule has 0 N–H and O–H groups in total. The Balaban J connectivity index is 2.21. The summed E-state index contributed by atoms with van der Waals surface area (Å²) in [5.74, 6) is 0.709. The van der Waals surface area contributed by atoms with Gasteiger partial charge in [-0.2, -0.15) is 0 Å². The molecule has 0 fully saturated rings. The molecule has 0 saturated heterocycles. The van der Waals surface area contributed by atoms with E-state index in [1.807, 2.05) is 49.4 Å². The minimum absolute atomic E-state index is 0.375. The highest BCUT2D eigenvalue weighted by molar-refractivity contribution is 9.10. The first-order chi connectivity index (χ1) is 10.6. The van der Waals surface area contributed by atoms with Crippen molar-refractivity contribution < 1.29 is 8.83 Å². The van der Waals surface area contributed by atoms with Gasteiger partial charge in [-0.3, -0.25) is 0 Å². The zero-order valence-electron chi connectivity index (χ0n) is 11.7. The Morgan fingerprint density at radius 3 is 2.55 bits per heavy atom. The van der Waals surface area contributed by atoms with Crippen LogP contribution in [0.5, 0.6) is 0 Å². The Hall–Kier alpha value is -2.33. The summed E-state index contributed by atoms with van der Waals surface area (Å²) >= 11 is 3.45. The molecule has 4 aromatic rings. The molecule has 4 rings (SSSR count). The van der Waals surface area contributed by atoms with E-state index in [4.69, 9.17) is 8.83 Å². The van der Waals surface area contributed by atoms with Crippen LogP contribution in [0.4, 0.5) is 0 Å². The van der Waals surface area contributed by atoms with Crippen molar-refractivity contribution in [1.82, 2.24) is 0 Å². The summed E-state index contributed by atoms with van der Waals surface area (Å²) in [5, 5.41) is 1.28. The van der Waals surface area contributed by atoms with Crippen molar-refractivity contribution in [2.75, 3.05) is 0 Å². The van der Waals surface area contributed by atoms with Crippen LogP contribution in [0.2, 0.25) is 0 Å². The third kappa shape index (κ3) is 1.91. The van der Waals surface area contributed by atoms with Gasteiger partial charge in [-0.25, -0.2) is 4.79 Å². The fraction of sp³-hybridized carbons (Fsp3) is 0.0556. The molecule has 0 aliphatic rings. The zero-order chi connectivity index (χ0) is 15.3. The van der Waals surface area contributed by atoms with E-state index >= 15 is 0 Å². The van der Waals surface area contributed by atoms with Gasteiger partial charge in [0, 0.05) is 10.0 Å². The highest BCUT2D eigenvalue weighted by atomic mass is 79.9. The quantitative estimate of drug-likeness (QED) is 0.437. The zero-order valence-corrected chi connectivity index (χ0v) is 13.3. The van der Waals surface area contributed by atoms with Gasteiger partial charge < -0.3 is 8.83 Å². The molecule has 2 aromatic carbocycles. The van der Waals surface area contributed by atoms with Crippen molar-refractivity contribution in [1.29, 1.82) is 0 Å². The van der Waals surface area contributed by atoms with E-state index in [1.165, 1.54) is 0 Å². The van der Waals surface area contributed by atoms with Crippen molar-refractivity contribution in [2.24, 2.45) is 0 Å². The van der Waals surface area contributed by atoms with Crippen molar-refractivity contribution in [3.8, 4) is 11.1 Å². The molecule has 22 heavy (non-hydrogen) atoms. The highest BCUT2D eigenvalue weighted by Crippen LogP contribution is 2.36. The number of furan rings is 1. The monoisotopic (exact) mass is 354 g/mol. The Morgan fingerprint density at radius 2 is 1.77 bits per heavy atom. The van der Waals surface area contributed by atoms with Crippen LogP contribution in [-0.4, -0.2) is 0 Å². The minimum Gasteiger partial charge on any atom is -0.460 e. The first kappa shape index (κ1) is 13.3. The second-order valence-electron chi connectivity index (χ2n) is 5.13. The average Bonchev–Trinajstić information content (AvgIpc) is 2.87. The molecule has 0 atom stereocenters. The second kappa shape index (κ2) is 4.85. The molecule has 108 valence electrons. The molecule has 0 bridgehead atoms. The van der Waals surface area contributed by atoms with Crippen molar-refractivity contribution >= 4 is 37.9 Å². The first-order valence-corrected chi connectivity index (χ1v) is 7.65. The molecule has 3 nitrogen and oxygen atoms in total. The molecule has 4 heteroatoms. The van der Waals surface area contributed by atoms with E-state index in [1.54, 1.807) is 6.07 Å². The number of fused-ring (bicyclic) bond motifs is 3. The summed E-state index contributed by atoms with van der Waals surface area (Å²) in [5.41, 5.74) is 2.46. The fourth-order valence-electron chi connectivity index (χ4n) is 2.80. The van der Waals surface area contributed by atoms with Gasteiger partial charge in [-0.05, 0) is 30.7 Å². The Bertz CT molecular complexity index is 1060. The average molecular weight is 355 g/mol. The van der Waals surface area contributed by atoms with Crippen molar-refractivity contribution in [3.05, 3.63) is 69.2 Å². The van der Waals surface area contributed by atoms with Crippen LogP contribution in [0.1, 0.15) is 5.76 Å². The third-order valence-corrected chi connectivity index (χ3v) is 4.23. The van der Waals surface area contributed by atoms with Gasteiger partial charge in [0.25, 0.3) is 0 Å². The predicted molar refractivity (Wildman–Crippen MR) is 90.1 cm³/mol. The van der Waals surface area contributed by atoms with Crippen molar-refractivity contribution in [2.45, 2.75) is 6.92 Å². The summed E-state index contributed by atoms with van der Waals surface area (Å²) in [6.45, 7) is 1.87. The minimum atomic E-state index is -0.375. The lowest BCUT2D eigenvalue weighted by molar-refractivity contribution is 0.559. The largest absolute Gasteiger partial charge is 0.460 e. The Morgan fingerprint density at radius 1 is 1.00 bits per heavy atom. The van der Waals surface area contributed by atoms with Crippen LogP contribution in [-0.2, 0) is 0 Å². The molecular formula is C18H11BrO3. The fourth-order valence-corrected chi connectivity index (χ4v) is 3.16. The number of hydrogen-bond donors (Lipinski definition) is 0. The van der Waals surface area contributed by atoms with E-state index in [9.17, 15) is 4.79 Å². The summed E-state index contributed by atoms with van der Waals surface area (Å²) in [7, 11) is 0. The molecule has 0 unspecified atom stereocenters. The molecule has 0 spiro atoms. The smallest absolute Gasteiger partial charge is 0.348 e. The van der Waals surface area contributed by atoms with Crippen molar-refractivity contribution in [3.63, 3.8) is 0 Å². The standard InChI is InChI=1S/C18H11BrO3/c1-10-15(11-5-3-2-4-6-11)16-17(21-10)13-9-12(19)7-8-14(13)22-18(16)20/h2-9H,1H3. The molecule has 2 aromatic heterocycles. The number of halogens is 1. The maximum Gasteiger partial charge on any atom is 0.348 e. The molecular weight excluding hydrogens is 344 g/mol. The number of aryl methyl sites for hydroxylation is 1. The number of rotatable bonds is 1. The number of hydrogen-bond acceptors (Lipinski definition) is 3. The Kier molecular flexibility index (Phi) is 2.94. The summed E-state index contributed by atoms with van der Waals surface area (Å²) in [6.07, 6.45) is 0. The molecule has 0 aliphatic carbocycles. The van der Waals surface area contributed by atoms with Gasteiger partial charge >= 0.3 is 5.63 Å². The summed E-state index contributed by atoms with van der Waals surface area (Å²) in [6, 6.07) is 15.2. The maximum atomic E-state index is 12.4. The van der Waals surface area contributed by atoms with Crippen LogP contribution in [0.3, 0.4) is 0 Å². The summed E-state index contributed by atoms with van der Waals surface area (Å²) in [4.78, 5) is 12.4. The summed E-state index contributed by atoms with van der Waals surface area (Å²) < 4.78 is 12.3.